The fourth-order valence-electron chi connectivity index (χ4n) is 3.27. The predicted octanol–water partition coefficient (Wildman–Crippen LogP) is -3.26. The maximum atomic E-state index is 11.6. The monoisotopic (exact) mass is 408 g/mol. The quantitative estimate of drug-likeness (QED) is 0.184. The van der Waals surface area contributed by atoms with Crippen molar-refractivity contribution in [1.82, 2.24) is 0 Å². The normalized spacial score (nSPS) is 10.6. The van der Waals surface area contributed by atoms with E-state index in [0.717, 1.165) is 19.3 Å². The van der Waals surface area contributed by atoms with Gasteiger partial charge in [0, 0.05) is 0 Å². The molecule has 0 N–H and O–H groups in total. The van der Waals surface area contributed by atoms with Gasteiger partial charge in [0.15, 0.2) is 0 Å². The molecule has 27 heavy (non-hydrogen) atoms. The number of unbranched alkanes of at least 4 members (excludes halogenated alkanes) is 9. The summed E-state index contributed by atoms with van der Waals surface area (Å²) >= 11 is 0. The maximum Gasteiger partial charge on any atom is 1.00 e. The Labute approximate surface area is 228 Å². The van der Waals surface area contributed by atoms with Crippen molar-refractivity contribution in [2.75, 3.05) is 0 Å². The first-order chi connectivity index (χ1) is 12.1. The Balaban J connectivity index is 0. The van der Waals surface area contributed by atoms with Gasteiger partial charge in [-0.3, -0.25) is 0 Å². The molecule has 0 aliphatic heterocycles. The van der Waals surface area contributed by atoms with Crippen LogP contribution < -0.4 is 91.2 Å². The second-order valence-corrected chi connectivity index (χ2v) is 6.78. The van der Waals surface area contributed by atoms with Crippen molar-refractivity contribution in [2.45, 2.75) is 83.0 Å². The molecule has 1 rings (SSSR count). The van der Waals surface area contributed by atoms with Crippen LogP contribution in [0.3, 0.4) is 0 Å². The molecule has 0 saturated heterocycles. The van der Waals surface area contributed by atoms with Gasteiger partial charge in [0.25, 0.3) is 0 Å². The summed E-state index contributed by atoms with van der Waals surface area (Å²) in [5.74, 6) is -3.18. The molecule has 0 heterocycles. The molecule has 0 atom stereocenters. The van der Waals surface area contributed by atoms with Crippen molar-refractivity contribution in [3.63, 3.8) is 0 Å². The van der Waals surface area contributed by atoms with Gasteiger partial charge in [-0.1, -0.05) is 101 Å². The number of carboxylic acid groups (broad SMARTS) is 2. The van der Waals surface area contributed by atoms with Crippen LogP contribution in [0.2, 0.25) is 0 Å². The number of carboxylic acids is 2. The standard InChI is InChI=1S/C21H32O4.K.Na/c1-2-3-4-5-6-7-8-9-10-14-17-21(19(22)23,20(24)25)18-15-12-11-13-16-18;;/h11-13,15-16H,2-10,14,17H2,1H3,(H,22,23)(H,24,25);;/q;2*+1/p-2. The molecule has 1 aromatic rings. The molecule has 140 valence electrons. The maximum absolute atomic E-state index is 11.6. The third-order valence-corrected chi connectivity index (χ3v) is 4.87. The van der Waals surface area contributed by atoms with E-state index < -0.39 is 17.4 Å². The first-order valence-electron chi connectivity index (χ1n) is 9.54. The predicted molar refractivity (Wildman–Crippen MR) is 94.6 cm³/mol. The van der Waals surface area contributed by atoms with E-state index in [-0.39, 0.29) is 92.9 Å². The van der Waals surface area contributed by atoms with Crippen LogP contribution in [-0.2, 0) is 15.0 Å². The molecule has 0 spiro atoms. The zero-order chi connectivity index (χ0) is 18.5. The molecule has 6 heteroatoms. The van der Waals surface area contributed by atoms with Crippen molar-refractivity contribution < 1.29 is 101 Å². The second kappa shape index (κ2) is 17.6. The number of carbonyl (C=O) groups excluding carboxylic acids is 2. The van der Waals surface area contributed by atoms with Crippen LogP contribution in [0.15, 0.2) is 30.3 Å². The molecule has 0 bridgehead atoms. The van der Waals surface area contributed by atoms with Gasteiger partial charge in [0.05, 0.1) is 17.4 Å². The molecule has 0 fully saturated rings. The molecule has 0 saturated carbocycles. The first kappa shape index (κ1) is 30.0. The first-order valence-corrected chi connectivity index (χ1v) is 9.54. The molecule has 0 unspecified atom stereocenters. The van der Waals surface area contributed by atoms with Gasteiger partial charge >= 0.3 is 80.9 Å². The number of rotatable bonds is 14. The van der Waals surface area contributed by atoms with Crippen LogP contribution in [0.25, 0.3) is 0 Å². The van der Waals surface area contributed by atoms with Crippen molar-refractivity contribution >= 4 is 11.9 Å². The van der Waals surface area contributed by atoms with E-state index in [1.807, 2.05) is 0 Å². The number of carbonyl (C=O) groups is 2. The molecular weight excluding hydrogens is 378 g/mol. The summed E-state index contributed by atoms with van der Waals surface area (Å²) in [5, 5.41) is 23.2. The summed E-state index contributed by atoms with van der Waals surface area (Å²) in [6.07, 6.45) is 11.0. The Hall–Kier alpha value is 0.796. The fourth-order valence-corrected chi connectivity index (χ4v) is 3.27. The third-order valence-electron chi connectivity index (χ3n) is 4.87. The van der Waals surface area contributed by atoms with Crippen molar-refractivity contribution in [3.05, 3.63) is 35.9 Å². The van der Waals surface area contributed by atoms with Crippen molar-refractivity contribution in [2.24, 2.45) is 0 Å². The Kier molecular flexibility index (Phi) is 19.6. The number of hydrogen-bond donors (Lipinski definition) is 0. The molecule has 4 nitrogen and oxygen atoms in total. The van der Waals surface area contributed by atoms with E-state index in [2.05, 4.69) is 6.92 Å². The zero-order valence-corrected chi connectivity index (χ0v) is 22.4. The van der Waals surface area contributed by atoms with Crippen LogP contribution in [0.1, 0.15) is 83.1 Å². The number of hydrogen-bond acceptors (Lipinski definition) is 4. The average molecular weight is 409 g/mol. The topological polar surface area (TPSA) is 80.3 Å². The Morgan fingerprint density at radius 2 is 1.19 bits per heavy atom. The van der Waals surface area contributed by atoms with E-state index in [1.54, 1.807) is 18.2 Å². The average Bonchev–Trinajstić information content (AvgIpc) is 2.60. The minimum atomic E-state index is -2.05. The molecule has 0 amide bonds. The van der Waals surface area contributed by atoms with Gasteiger partial charge in [-0.05, 0) is 12.0 Å². The van der Waals surface area contributed by atoms with E-state index in [1.165, 1.54) is 50.7 Å². The Bertz CT molecular complexity index is 508. The SMILES string of the molecule is CCCCCCCCCCCCC(C(=O)[O-])(C(=O)[O-])c1ccccc1.[K+].[Na+]. The van der Waals surface area contributed by atoms with E-state index in [0.29, 0.717) is 6.42 Å². The van der Waals surface area contributed by atoms with Gasteiger partial charge in [-0.15, -0.1) is 0 Å². The van der Waals surface area contributed by atoms with Gasteiger partial charge in [-0.25, -0.2) is 0 Å². The van der Waals surface area contributed by atoms with Crippen molar-refractivity contribution in [3.8, 4) is 0 Å². The Morgan fingerprint density at radius 3 is 1.59 bits per heavy atom. The van der Waals surface area contributed by atoms with E-state index >= 15 is 0 Å². The summed E-state index contributed by atoms with van der Waals surface area (Å²) in [7, 11) is 0. The Morgan fingerprint density at radius 1 is 0.778 bits per heavy atom. The molecule has 0 aromatic heterocycles. The van der Waals surface area contributed by atoms with Crippen LogP contribution in [0.5, 0.6) is 0 Å². The minimum absolute atomic E-state index is 0. The van der Waals surface area contributed by atoms with Gasteiger partial charge in [-0.2, -0.15) is 0 Å². The molecule has 1 aromatic carbocycles. The summed E-state index contributed by atoms with van der Waals surface area (Å²) in [6.45, 7) is 2.20. The molecule has 0 radical (unpaired) electrons. The molecule has 0 aliphatic rings. The molecular formula is C21H30KNaO4. The van der Waals surface area contributed by atoms with E-state index in [4.69, 9.17) is 0 Å². The van der Waals surface area contributed by atoms with Gasteiger partial charge < -0.3 is 19.8 Å². The van der Waals surface area contributed by atoms with Gasteiger partial charge in [0.2, 0.25) is 0 Å². The van der Waals surface area contributed by atoms with Crippen LogP contribution in [-0.4, -0.2) is 11.9 Å². The summed E-state index contributed by atoms with van der Waals surface area (Å²) in [5.41, 5.74) is -1.83. The molecule has 0 aliphatic carbocycles. The van der Waals surface area contributed by atoms with Crippen molar-refractivity contribution in [1.29, 1.82) is 0 Å². The summed E-state index contributed by atoms with van der Waals surface area (Å²) in [6, 6.07) is 8.02. The number of benzene rings is 1. The summed E-state index contributed by atoms with van der Waals surface area (Å²) in [4.78, 5) is 23.2. The third kappa shape index (κ3) is 10.4. The fraction of sp³-hybridized carbons (Fsp3) is 0.619. The van der Waals surface area contributed by atoms with Gasteiger partial charge in [0.1, 0.15) is 0 Å². The van der Waals surface area contributed by atoms with Crippen LogP contribution in [0, 0.1) is 0 Å². The zero-order valence-electron chi connectivity index (χ0n) is 17.3. The summed E-state index contributed by atoms with van der Waals surface area (Å²) < 4.78 is 0. The largest absolute Gasteiger partial charge is 1.00 e. The number of aliphatic carboxylic acids is 2. The van der Waals surface area contributed by atoms with E-state index in [9.17, 15) is 19.8 Å². The smallest absolute Gasteiger partial charge is 0.549 e. The minimum Gasteiger partial charge on any atom is -0.549 e. The van der Waals surface area contributed by atoms with Crippen LogP contribution in [0.4, 0.5) is 0 Å². The van der Waals surface area contributed by atoms with Crippen LogP contribution >= 0.6 is 0 Å². The second-order valence-electron chi connectivity index (χ2n) is 6.78.